The van der Waals surface area contributed by atoms with E-state index in [1.54, 1.807) is 71.8 Å². The molecule has 32 heavy (non-hydrogen) atoms. The van der Waals surface area contributed by atoms with Crippen molar-refractivity contribution in [1.29, 1.82) is 0 Å². The van der Waals surface area contributed by atoms with Gasteiger partial charge in [-0.05, 0) is 42.5 Å². The van der Waals surface area contributed by atoms with Gasteiger partial charge < -0.3 is 5.32 Å². The number of sulfonamides is 1. The highest BCUT2D eigenvalue weighted by Gasteiger charge is 2.18. The van der Waals surface area contributed by atoms with E-state index in [9.17, 15) is 8.42 Å². The predicted molar refractivity (Wildman–Crippen MR) is 121 cm³/mol. The SMILES string of the molecule is O=S(=O)(Nc1ccc(Nc2cc(-n3cccn3)ncn2)cc1)c1cccc2cccnc12. The summed E-state index contributed by atoms with van der Waals surface area (Å²) in [6.07, 6.45) is 6.48. The van der Waals surface area contributed by atoms with Crippen LogP contribution in [-0.2, 0) is 10.0 Å². The lowest BCUT2D eigenvalue weighted by atomic mass is 10.2. The number of nitrogens with one attached hydrogen (secondary N) is 2. The molecule has 10 heteroatoms. The molecule has 0 saturated heterocycles. The molecular weight excluding hydrogens is 426 g/mol. The third-order valence-corrected chi connectivity index (χ3v) is 6.10. The van der Waals surface area contributed by atoms with Crippen LogP contribution in [0.1, 0.15) is 0 Å². The summed E-state index contributed by atoms with van der Waals surface area (Å²) in [5.74, 6) is 1.21. The molecule has 2 N–H and O–H groups in total. The highest BCUT2D eigenvalue weighted by Crippen LogP contribution is 2.24. The lowest BCUT2D eigenvalue weighted by Crippen LogP contribution is -2.13. The molecule has 0 aliphatic rings. The second-order valence-corrected chi connectivity index (χ2v) is 8.50. The maximum atomic E-state index is 12.9. The van der Waals surface area contributed by atoms with Crippen LogP contribution in [0.4, 0.5) is 17.2 Å². The molecule has 0 bridgehead atoms. The highest BCUT2D eigenvalue weighted by molar-refractivity contribution is 7.93. The highest BCUT2D eigenvalue weighted by atomic mass is 32.2. The first-order chi connectivity index (χ1) is 15.6. The molecule has 158 valence electrons. The zero-order chi connectivity index (χ0) is 22.0. The summed E-state index contributed by atoms with van der Waals surface area (Å²) < 4.78 is 30.1. The quantitative estimate of drug-likeness (QED) is 0.411. The van der Waals surface area contributed by atoms with E-state index in [1.807, 2.05) is 18.2 Å². The van der Waals surface area contributed by atoms with Crippen LogP contribution in [0.5, 0.6) is 0 Å². The zero-order valence-electron chi connectivity index (χ0n) is 16.6. The van der Waals surface area contributed by atoms with Crippen LogP contribution < -0.4 is 10.0 Å². The molecule has 0 spiro atoms. The first-order valence-electron chi connectivity index (χ1n) is 9.64. The standard InChI is InChI=1S/C22H17N7O2S/c30-32(31,19-6-1-4-16-5-2-11-23-22(16)19)28-18-9-7-17(8-10-18)27-20-14-21(25-15-24-20)29-13-3-12-26-29/h1-15,28H,(H,24,25,27). The Morgan fingerprint density at radius 1 is 0.812 bits per heavy atom. The first kappa shape index (κ1) is 19.6. The van der Waals surface area contributed by atoms with Crippen molar-refractivity contribution >= 4 is 38.1 Å². The minimum Gasteiger partial charge on any atom is -0.340 e. The van der Waals surface area contributed by atoms with Gasteiger partial charge in [-0.15, -0.1) is 0 Å². The lowest BCUT2D eigenvalue weighted by Gasteiger charge is -2.11. The van der Waals surface area contributed by atoms with Gasteiger partial charge in [0, 0.05) is 41.4 Å². The average Bonchev–Trinajstić information content (AvgIpc) is 3.35. The largest absolute Gasteiger partial charge is 0.340 e. The summed E-state index contributed by atoms with van der Waals surface area (Å²) in [6, 6.07) is 19.1. The van der Waals surface area contributed by atoms with E-state index in [0.717, 1.165) is 11.1 Å². The van der Waals surface area contributed by atoms with Crippen molar-refractivity contribution in [2.24, 2.45) is 0 Å². The van der Waals surface area contributed by atoms with E-state index < -0.39 is 10.0 Å². The van der Waals surface area contributed by atoms with E-state index in [0.29, 0.717) is 22.8 Å². The number of nitrogens with zero attached hydrogens (tertiary/aromatic N) is 5. The molecule has 3 heterocycles. The van der Waals surface area contributed by atoms with Gasteiger partial charge in [0.05, 0.1) is 5.52 Å². The molecule has 0 aliphatic heterocycles. The van der Waals surface area contributed by atoms with Gasteiger partial charge in [-0.2, -0.15) is 5.10 Å². The fraction of sp³-hybridized carbons (Fsp3) is 0. The van der Waals surface area contributed by atoms with Gasteiger partial charge in [-0.25, -0.2) is 23.1 Å². The van der Waals surface area contributed by atoms with Crippen LogP contribution in [0, 0.1) is 0 Å². The Hall–Kier alpha value is -4.31. The second-order valence-electron chi connectivity index (χ2n) is 6.85. The molecule has 9 nitrogen and oxygen atoms in total. The molecule has 0 saturated carbocycles. The molecule has 2 aromatic carbocycles. The molecule has 0 atom stereocenters. The Morgan fingerprint density at radius 3 is 2.44 bits per heavy atom. The number of para-hydroxylation sites is 1. The van der Waals surface area contributed by atoms with Crippen molar-refractivity contribution in [3.63, 3.8) is 0 Å². The summed E-state index contributed by atoms with van der Waals surface area (Å²) in [4.78, 5) is 12.8. The molecule has 0 unspecified atom stereocenters. The summed E-state index contributed by atoms with van der Waals surface area (Å²) in [5, 5.41) is 8.08. The van der Waals surface area contributed by atoms with E-state index in [1.165, 1.54) is 6.33 Å². The third-order valence-electron chi connectivity index (χ3n) is 4.69. The van der Waals surface area contributed by atoms with Crippen molar-refractivity contribution in [3.05, 3.63) is 91.6 Å². The Kier molecular flexibility index (Phi) is 4.96. The van der Waals surface area contributed by atoms with Crippen LogP contribution in [0.2, 0.25) is 0 Å². The topological polar surface area (TPSA) is 115 Å². The Balaban J connectivity index is 1.34. The fourth-order valence-electron chi connectivity index (χ4n) is 3.22. The first-order valence-corrected chi connectivity index (χ1v) is 11.1. The molecule has 0 fully saturated rings. The smallest absolute Gasteiger partial charge is 0.264 e. The average molecular weight is 443 g/mol. The minimum absolute atomic E-state index is 0.130. The third kappa shape index (κ3) is 3.98. The number of rotatable bonds is 6. The Morgan fingerprint density at radius 2 is 1.62 bits per heavy atom. The number of anilines is 3. The predicted octanol–water partition coefficient (Wildman–Crippen LogP) is 3.75. The summed E-state index contributed by atoms with van der Waals surface area (Å²) in [7, 11) is -3.81. The zero-order valence-corrected chi connectivity index (χ0v) is 17.4. The molecule has 0 aliphatic carbocycles. The number of pyridine rings is 1. The molecule has 5 aromatic rings. The van der Waals surface area contributed by atoms with Crippen LogP contribution in [0.15, 0.2) is 96.5 Å². The number of benzene rings is 2. The normalized spacial score (nSPS) is 11.4. The number of hydrogen-bond donors (Lipinski definition) is 2. The number of fused-ring (bicyclic) bond motifs is 1. The minimum atomic E-state index is -3.81. The van der Waals surface area contributed by atoms with Crippen LogP contribution in [0.25, 0.3) is 16.7 Å². The van der Waals surface area contributed by atoms with E-state index in [2.05, 4.69) is 30.1 Å². The maximum Gasteiger partial charge on any atom is 0.264 e. The molecule has 0 amide bonds. The number of hydrogen-bond acceptors (Lipinski definition) is 7. The second kappa shape index (κ2) is 8.08. The maximum absolute atomic E-state index is 12.9. The van der Waals surface area contributed by atoms with Crippen molar-refractivity contribution < 1.29 is 8.42 Å². The lowest BCUT2D eigenvalue weighted by molar-refractivity contribution is 0.602. The van der Waals surface area contributed by atoms with Crippen LogP contribution in [0.3, 0.4) is 0 Å². The van der Waals surface area contributed by atoms with Gasteiger partial charge in [0.2, 0.25) is 0 Å². The van der Waals surface area contributed by atoms with Gasteiger partial charge >= 0.3 is 0 Å². The Bertz CT molecular complexity index is 1480. The molecule has 5 rings (SSSR count). The molecule has 0 radical (unpaired) electrons. The van der Waals surface area contributed by atoms with Crippen molar-refractivity contribution in [3.8, 4) is 5.82 Å². The van der Waals surface area contributed by atoms with Gasteiger partial charge in [-0.1, -0.05) is 18.2 Å². The van der Waals surface area contributed by atoms with Gasteiger partial charge in [-0.3, -0.25) is 9.71 Å². The number of aromatic nitrogens is 5. The van der Waals surface area contributed by atoms with E-state index in [-0.39, 0.29) is 4.90 Å². The van der Waals surface area contributed by atoms with Gasteiger partial charge in [0.15, 0.2) is 5.82 Å². The van der Waals surface area contributed by atoms with Crippen molar-refractivity contribution in [1.82, 2.24) is 24.7 Å². The van der Waals surface area contributed by atoms with Gasteiger partial charge in [0.25, 0.3) is 10.0 Å². The van der Waals surface area contributed by atoms with E-state index in [4.69, 9.17) is 0 Å². The monoisotopic (exact) mass is 443 g/mol. The van der Waals surface area contributed by atoms with E-state index >= 15 is 0 Å². The Labute approximate surface area is 183 Å². The summed E-state index contributed by atoms with van der Waals surface area (Å²) >= 11 is 0. The summed E-state index contributed by atoms with van der Waals surface area (Å²) in [6.45, 7) is 0. The van der Waals surface area contributed by atoms with Crippen molar-refractivity contribution in [2.75, 3.05) is 10.0 Å². The molecular formula is C22H17N7O2S. The van der Waals surface area contributed by atoms with Crippen LogP contribution in [-0.4, -0.2) is 33.2 Å². The van der Waals surface area contributed by atoms with Crippen LogP contribution >= 0.6 is 0 Å². The molecule has 3 aromatic heterocycles. The fourth-order valence-corrected chi connectivity index (χ4v) is 4.46. The van der Waals surface area contributed by atoms with Gasteiger partial charge in [0.1, 0.15) is 17.0 Å². The van der Waals surface area contributed by atoms with Crippen molar-refractivity contribution in [2.45, 2.75) is 4.90 Å². The summed E-state index contributed by atoms with van der Waals surface area (Å²) in [5.41, 5.74) is 1.60.